The van der Waals surface area contributed by atoms with E-state index in [9.17, 15) is 14.0 Å². The first-order valence-electron chi connectivity index (χ1n) is 9.81. The first-order valence-corrected chi connectivity index (χ1v) is 10.6. The van der Waals surface area contributed by atoms with Crippen molar-refractivity contribution < 1.29 is 23.5 Å². The Kier molecular flexibility index (Phi) is 8.23. The number of rotatable bonds is 10. The van der Waals surface area contributed by atoms with E-state index >= 15 is 0 Å². The predicted octanol–water partition coefficient (Wildman–Crippen LogP) is 3.47. The number of nitrogens with one attached hydrogen (secondary N) is 1. The molecule has 2 aromatic carbocycles. The summed E-state index contributed by atoms with van der Waals surface area (Å²) in [6.45, 7) is 0.798. The summed E-state index contributed by atoms with van der Waals surface area (Å²) >= 11 is 1.25. The van der Waals surface area contributed by atoms with Crippen molar-refractivity contribution in [3.05, 3.63) is 59.9 Å². The van der Waals surface area contributed by atoms with Gasteiger partial charge in [0.05, 0.1) is 13.7 Å². The molecule has 0 fully saturated rings. The smallest absolute Gasteiger partial charge is 0.253 e. The van der Waals surface area contributed by atoms with Crippen molar-refractivity contribution in [2.24, 2.45) is 0 Å². The van der Waals surface area contributed by atoms with Gasteiger partial charge >= 0.3 is 0 Å². The molecule has 1 N–H and O–H groups in total. The van der Waals surface area contributed by atoms with Crippen LogP contribution in [0.3, 0.4) is 0 Å². The molecule has 0 bridgehead atoms. The fourth-order valence-electron chi connectivity index (χ4n) is 2.83. The largest absolute Gasteiger partial charge is 0.497 e. The standard InChI is InChI=1S/C22H23FN4O4S/c1-30-14-13-27(21(29)16-3-7-17(23)8-4-16)12-11-19(28)24-22-26-25-20(32-22)15-5-9-18(31-2)10-6-15/h3-10H,11-14H2,1-2H3,(H,24,26,28). The summed E-state index contributed by atoms with van der Waals surface area (Å²) in [5, 5.41) is 11.9. The molecule has 32 heavy (non-hydrogen) atoms. The van der Waals surface area contributed by atoms with Gasteiger partial charge in [0.15, 0.2) is 0 Å². The number of halogens is 1. The average molecular weight is 459 g/mol. The van der Waals surface area contributed by atoms with Crippen LogP contribution in [0.15, 0.2) is 48.5 Å². The molecule has 10 heteroatoms. The summed E-state index contributed by atoms with van der Waals surface area (Å²) in [7, 11) is 3.13. The summed E-state index contributed by atoms with van der Waals surface area (Å²) in [5.41, 5.74) is 1.20. The maximum Gasteiger partial charge on any atom is 0.253 e. The maximum absolute atomic E-state index is 13.1. The van der Waals surface area contributed by atoms with Gasteiger partial charge in [-0.2, -0.15) is 0 Å². The number of nitrogens with zero attached hydrogens (tertiary/aromatic N) is 3. The Labute approximate surface area is 189 Å². The van der Waals surface area contributed by atoms with Gasteiger partial charge in [-0.05, 0) is 48.5 Å². The van der Waals surface area contributed by atoms with Crippen LogP contribution in [0.25, 0.3) is 10.6 Å². The van der Waals surface area contributed by atoms with Gasteiger partial charge in [0, 0.05) is 37.7 Å². The number of benzene rings is 2. The van der Waals surface area contributed by atoms with Gasteiger partial charge in [0.25, 0.3) is 5.91 Å². The summed E-state index contributed by atoms with van der Waals surface area (Å²) in [6.07, 6.45) is 0.0636. The molecular formula is C22H23FN4O4S. The van der Waals surface area contributed by atoms with E-state index in [1.165, 1.54) is 47.6 Å². The molecule has 3 aromatic rings. The lowest BCUT2D eigenvalue weighted by molar-refractivity contribution is -0.116. The van der Waals surface area contributed by atoms with Crippen LogP contribution in [0.5, 0.6) is 5.75 Å². The molecule has 0 atom stereocenters. The molecule has 0 radical (unpaired) electrons. The van der Waals surface area contributed by atoms with Crippen molar-refractivity contribution in [3.63, 3.8) is 0 Å². The third kappa shape index (κ3) is 6.32. The van der Waals surface area contributed by atoms with Crippen molar-refractivity contribution >= 4 is 28.3 Å². The average Bonchev–Trinajstić information content (AvgIpc) is 3.27. The lowest BCUT2D eigenvalue weighted by Gasteiger charge is -2.22. The summed E-state index contributed by atoms with van der Waals surface area (Å²) in [5.74, 6) is -0.278. The molecule has 0 spiro atoms. The Morgan fingerprint density at radius 1 is 1.03 bits per heavy atom. The van der Waals surface area contributed by atoms with Gasteiger partial charge in [-0.15, -0.1) is 10.2 Å². The Morgan fingerprint density at radius 3 is 2.41 bits per heavy atom. The van der Waals surface area contributed by atoms with Crippen LogP contribution in [0.2, 0.25) is 0 Å². The van der Waals surface area contributed by atoms with Crippen molar-refractivity contribution in [1.29, 1.82) is 0 Å². The number of carbonyl (C=O) groups is 2. The second-order valence-electron chi connectivity index (χ2n) is 6.73. The van der Waals surface area contributed by atoms with Crippen LogP contribution < -0.4 is 10.1 Å². The van der Waals surface area contributed by atoms with E-state index in [2.05, 4.69) is 15.5 Å². The van der Waals surface area contributed by atoms with E-state index in [1.807, 2.05) is 24.3 Å². The minimum atomic E-state index is -0.421. The Balaban J connectivity index is 1.58. The van der Waals surface area contributed by atoms with Crippen LogP contribution in [0.1, 0.15) is 16.8 Å². The second kappa shape index (κ2) is 11.3. The first-order chi connectivity index (χ1) is 15.5. The molecule has 8 nitrogen and oxygen atoms in total. The van der Waals surface area contributed by atoms with Crippen LogP contribution in [0.4, 0.5) is 9.52 Å². The topological polar surface area (TPSA) is 93.7 Å². The van der Waals surface area contributed by atoms with Crippen LogP contribution >= 0.6 is 11.3 Å². The van der Waals surface area contributed by atoms with E-state index < -0.39 is 5.82 Å². The molecule has 0 aliphatic rings. The Bertz CT molecular complexity index is 1040. The summed E-state index contributed by atoms with van der Waals surface area (Å²) in [4.78, 5) is 26.6. The van der Waals surface area contributed by atoms with E-state index in [0.29, 0.717) is 28.9 Å². The zero-order valence-corrected chi connectivity index (χ0v) is 18.5. The zero-order valence-electron chi connectivity index (χ0n) is 17.7. The number of hydrogen-bond acceptors (Lipinski definition) is 7. The van der Waals surface area contributed by atoms with E-state index in [-0.39, 0.29) is 24.8 Å². The van der Waals surface area contributed by atoms with Crippen LogP contribution in [0, 0.1) is 5.82 Å². The molecule has 0 aliphatic heterocycles. The quantitative estimate of drug-likeness (QED) is 0.500. The third-order valence-corrected chi connectivity index (χ3v) is 5.45. The van der Waals surface area contributed by atoms with Gasteiger partial charge in [0.1, 0.15) is 16.6 Å². The molecule has 3 rings (SSSR count). The highest BCUT2D eigenvalue weighted by Crippen LogP contribution is 2.27. The molecule has 1 aromatic heterocycles. The molecule has 168 valence electrons. The molecule has 0 saturated carbocycles. The molecule has 1 heterocycles. The van der Waals surface area contributed by atoms with E-state index in [0.717, 1.165) is 11.3 Å². The second-order valence-corrected chi connectivity index (χ2v) is 7.71. The molecule has 0 saturated heterocycles. The fourth-order valence-corrected chi connectivity index (χ4v) is 3.60. The van der Waals surface area contributed by atoms with Crippen molar-refractivity contribution in [3.8, 4) is 16.3 Å². The number of carbonyl (C=O) groups excluding carboxylic acids is 2. The monoisotopic (exact) mass is 458 g/mol. The highest BCUT2D eigenvalue weighted by molar-refractivity contribution is 7.18. The molecule has 0 aliphatic carbocycles. The van der Waals surface area contributed by atoms with Gasteiger partial charge in [-0.1, -0.05) is 11.3 Å². The minimum absolute atomic E-state index is 0.0636. The van der Waals surface area contributed by atoms with Gasteiger partial charge in [-0.3, -0.25) is 9.59 Å². The lowest BCUT2D eigenvalue weighted by Crippen LogP contribution is -2.36. The van der Waals surface area contributed by atoms with E-state index in [1.54, 1.807) is 7.11 Å². The van der Waals surface area contributed by atoms with Crippen molar-refractivity contribution in [2.45, 2.75) is 6.42 Å². The molecular weight excluding hydrogens is 435 g/mol. The summed E-state index contributed by atoms with van der Waals surface area (Å²) < 4.78 is 23.3. The number of methoxy groups -OCH3 is 2. The molecule has 0 unspecified atom stereocenters. The van der Waals surface area contributed by atoms with Crippen molar-refractivity contribution in [1.82, 2.24) is 15.1 Å². The first kappa shape index (κ1) is 23.3. The number of ether oxygens (including phenoxy) is 2. The third-order valence-electron chi connectivity index (χ3n) is 4.56. The Hall–Kier alpha value is -3.37. The fraction of sp³-hybridized carbons (Fsp3) is 0.273. The SMILES string of the molecule is COCCN(CCC(=O)Nc1nnc(-c2ccc(OC)cc2)s1)C(=O)c1ccc(F)cc1. The number of anilines is 1. The van der Waals surface area contributed by atoms with Crippen LogP contribution in [-0.4, -0.2) is 60.8 Å². The van der Waals surface area contributed by atoms with E-state index in [4.69, 9.17) is 9.47 Å². The van der Waals surface area contributed by atoms with Gasteiger partial charge < -0.3 is 19.7 Å². The Morgan fingerprint density at radius 2 is 1.75 bits per heavy atom. The number of amides is 2. The minimum Gasteiger partial charge on any atom is -0.497 e. The number of hydrogen-bond donors (Lipinski definition) is 1. The zero-order chi connectivity index (χ0) is 22.9. The van der Waals surface area contributed by atoms with Crippen LogP contribution in [-0.2, 0) is 9.53 Å². The lowest BCUT2D eigenvalue weighted by atomic mass is 10.2. The van der Waals surface area contributed by atoms with Gasteiger partial charge in [0.2, 0.25) is 11.0 Å². The number of aromatic nitrogens is 2. The highest BCUT2D eigenvalue weighted by atomic mass is 32.1. The summed E-state index contributed by atoms with van der Waals surface area (Å²) in [6, 6.07) is 12.6. The molecule has 2 amide bonds. The highest BCUT2D eigenvalue weighted by Gasteiger charge is 2.18. The predicted molar refractivity (Wildman–Crippen MR) is 119 cm³/mol. The maximum atomic E-state index is 13.1. The van der Waals surface area contributed by atoms with Gasteiger partial charge in [-0.25, -0.2) is 4.39 Å². The normalized spacial score (nSPS) is 10.6. The van der Waals surface area contributed by atoms with Crippen molar-refractivity contribution in [2.75, 3.05) is 39.2 Å².